The number of nitrogens with one attached hydrogen (secondary N) is 3. The summed E-state index contributed by atoms with van der Waals surface area (Å²) in [6.45, 7) is 0.583. The molecule has 1 heterocycles. The van der Waals surface area contributed by atoms with Crippen molar-refractivity contribution in [2.75, 3.05) is 16.4 Å². The smallest absolute Gasteiger partial charge is 0.255 e. The Morgan fingerprint density at radius 2 is 1.70 bits per heavy atom. The van der Waals surface area contributed by atoms with E-state index in [4.69, 9.17) is 5.73 Å². The zero-order valence-electron chi connectivity index (χ0n) is 12.4. The molecule has 0 fully saturated rings. The molecule has 3 aromatic rings. The summed E-state index contributed by atoms with van der Waals surface area (Å²) in [4.78, 5) is 12.3. The lowest BCUT2D eigenvalue weighted by Gasteiger charge is -2.08. The van der Waals surface area contributed by atoms with E-state index >= 15 is 0 Å². The predicted octanol–water partition coefficient (Wildman–Crippen LogP) is 2.86. The van der Waals surface area contributed by atoms with Crippen LogP contribution in [0.3, 0.4) is 0 Å². The van der Waals surface area contributed by atoms with Gasteiger partial charge < -0.3 is 16.4 Å². The molecule has 3 rings (SSSR count). The Bertz CT molecular complexity index is 783. The number of carbonyl (C=O) groups is 1. The lowest BCUT2D eigenvalue weighted by Crippen LogP contribution is -2.14. The summed E-state index contributed by atoms with van der Waals surface area (Å²) in [6.07, 6.45) is 0. The number of rotatable bonds is 5. The maximum atomic E-state index is 12.3. The second kappa shape index (κ2) is 6.65. The summed E-state index contributed by atoms with van der Waals surface area (Å²) in [7, 11) is 0. The van der Waals surface area contributed by atoms with Crippen LogP contribution in [0.2, 0.25) is 0 Å². The van der Waals surface area contributed by atoms with E-state index in [9.17, 15) is 4.79 Å². The van der Waals surface area contributed by atoms with Gasteiger partial charge in [-0.2, -0.15) is 5.10 Å². The highest BCUT2D eigenvalue weighted by atomic mass is 16.1. The van der Waals surface area contributed by atoms with Crippen LogP contribution in [0.5, 0.6) is 0 Å². The second-order valence-corrected chi connectivity index (χ2v) is 5.02. The number of carbonyl (C=O) groups excluding carboxylic acids is 1. The summed E-state index contributed by atoms with van der Waals surface area (Å²) in [5.74, 6) is 0.585. The van der Waals surface area contributed by atoms with Crippen molar-refractivity contribution in [3.63, 3.8) is 0 Å². The molecule has 0 aliphatic carbocycles. The van der Waals surface area contributed by atoms with Crippen LogP contribution in [0.1, 0.15) is 15.9 Å². The number of nitrogen functional groups attached to an aromatic ring is 1. The normalized spacial score (nSPS) is 10.3. The highest BCUT2D eigenvalue weighted by molar-refractivity contribution is 6.07. The van der Waals surface area contributed by atoms with Gasteiger partial charge in [-0.05, 0) is 17.7 Å². The predicted molar refractivity (Wildman–Crippen MR) is 91.2 cm³/mol. The van der Waals surface area contributed by atoms with Crippen molar-refractivity contribution in [3.8, 4) is 0 Å². The monoisotopic (exact) mass is 307 g/mol. The van der Waals surface area contributed by atoms with E-state index in [0.717, 1.165) is 5.56 Å². The van der Waals surface area contributed by atoms with Crippen LogP contribution < -0.4 is 16.4 Å². The number of anilines is 3. The minimum absolute atomic E-state index is 0.235. The van der Waals surface area contributed by atoms with E-state index in [1.54, 1.807) is 12.1 Å². The largest absolute Gasteiger partial charge is 0.382 e. The van der Waals surface area contributed by atoms with Crippen LogP contribution in [0, 0.1) is 0 Å². The molecule has 0 radical (unpaired) electrons. The lowest BCUT2D eigenvalue weighted by molar-refractivity contribution is 0.102. The average Bonchev–Trinajstić information content (AvgIpc) is 2.95. The highest BCUT2D eigenvalue weighted by Gasteiger charge is 2.15. The summed E-state index contributed by atoms with van der Waals surface area (Å²) in [5, 5.41) is 12.7. The molecule has 0 bridgehead atoms. The topological polar surface area (TPSA) is 95.8 Å². The van der Waals surface area contributed by atoms with Crippen molar-refractivity contribution in [1.29, 1.82) is 0 Å². The molecule has 5 N–H and O–H groups in total. The molecule has 0 aliphatic rings. The molecule has 0 aliphatic heterocycles. The summed E-state index contributed by atoms with van der Waals surface area (Å²) in [6, 6.07) is 18.9. The van der Waals surface area contributed by atoms with E-state index < -0.39 is 0 Å². The Kier molecular flexibility index (Phi) is 4.24. The van der Waals surface area contributed by atoms with Crippen molar-refractivity contribution in [2.24, 2.45) is 0 Å². The Morgan fingerprint density at radius 1 is 1.04 bits per heavy atom. The fourth-order valence-electron chi connectivity index (χ4n) is 2.17. The number of hydrogen-bond donors (Lipinski definition) is 4. The highest BCUT2D eigenvalue weighted by Crippen LogP contribution is 2.26. The number of aromatic amines is 1. The van der Waals surface area contributed by atoms with Crippen LogP contribution >= 0.6 is 0 Å². The maximum absolute atomic E-state index is 12.3. The molecule has 0 saturated carbocycles. The van der Waals surface area contributed by atoms with Gasteiger partial charge in [0.05, 0.1) is 0 Å². The zero-order valence-corrected chi connectivity index (χ0v) is 12.4. The zero-order chi connectivity index (χ0) is 16.1. The Hall–Kier alpha value is -3.28. The molecular weight excluding hydrogens is 290 g/mol. The minimum atomic E-state index is -0.235. The number of amides is 1. The van der Waals surface area contributed by atoms with E-state index in [1.807, 2.05) is 48.5 Å². The van der Waals surface area contributed by atoms with Gasteiger partial charge in [0.15, 0.2) is 5.82 Å². The van der Waals surface area contributed by atoms with Crippen LogP contribution in [-0.4, -0.2) is 16.1 Å². The van der Waals surface area contributed by atoms with Crippen molar-refractivity contribution < 1.29 is 4.79 Å². The Labute approximate surface area is 133 Å². The van der Waals surface area contributed by atoms with E-state index in [0.29, 0.717) is 29.4 Å². The molecule has 0 saturated heterocycles. The van der Waals surface area contributed by atoms with Gasteiger partial charge in [-0.3, -0.25) is 9.89 Å². The van der Waals surface area contributed by atoms with Crippen molar-refractivity contribution in [2.45, 2.75) is 6.54 Å². The maximum Gasteiger partial charge on any atom is 0.255 e. The van der Waals surface area contributed by atoms with Gasteiger partial charge in [0.25, 0.3) is 5.91 Å². The third-order valence-corrected chi connectivity index (χ3v) is 3.37. The van der Waals surface area contributed by atoms with Gasteiger partial charge in [-0.15, -0.1) is 0 Å². The summed E-state index contributed by atoms with van der Waals surface area (Å²) in [5.41, 5.74) is 7.98. The molecular formula is C17H17N5O. The van der Waals surface area contributed by atoms with Crippen LogP contribution in [0.15, 0.2) is 60.7 Å². The van der Waals surface area contributed by atoms with Crippen molar-refractivity contribution in [3.05, 3.63) is 71.8 Å². The van der Waals surface area contributed by atoms with Gasteiger partial charge >= 0.3 is 0 Å². The standard InChI is InChI=1S/C17H17N5O/c18-15-14(20-17(23)13-9-5-2-6-10-13)16(22-21-15)19-11-12-7-3-1-4-8-12/h1-10H,11H2,(H,20,23)(H4,18,19,21,22). The first kappa shape index (κ1) is 14.6. The van der Waals surface area contributed by atoms with E-state index in [-0.39, 0.29) is 5.91 Å². The van der Waals surface area contributed by atoms with Gasteiger partial charge in [-0.25, -0.2) is 0 Å². The number of nitrogens with zero attached hydrogens (tertiary/aromatic N) is 1. The molecule has 2 aromatic carbocycles. The van der Waals surface area contributed by atoms with Crippen LogP contribution in [-0.2, 0) is 6.54 Å². The number of hydrogen-bond acceptors (Lipinski definition) is 4. The molecule has 1 amide bonds. The number of aromatic nitrogens is 2. The van der Waals surface area contributed by atoms with E-state index in [1.165, 1.54) is 0 Å². The molecule has 23 heavy (non-hydrogen) atoms. The molecule has 6 nitrogen and oxygen atoms in total. The van der Waals surface area contributed by atoms with Gasteiger partial charge in [0.2, 0.25) is 0 Å². The molecule has 0 unspecified atom stereocenters. The van der Waals surface area contributed by atoms with E-state index in [2.05, 4.69) is 20.8 Å². The second-order valence-electron chi connectivity index (χ2n) is 5.02. The lowest BCUT2D eigenvalue weighted by atomic mass is 10.2. The van der Waals surface area contributed by atoms with Gasteiger partial charge in [0.1, 0.15) is 11.5 Å². The average molecular weight is 307 g/mol. The van der Waals surface area contributed by atoms with Crippen molar-refractivity contribution >= 4 is 23.2 Å². The number of benzene rings is 2. The van der Waals surface area contributed by atoms with Crippen LogP contribution in [0.25, 0.3) is 0 Å². The Balaban J connectivity index is 1.73. The molecule has 6 heteroatoms. The molecule has 0 atom stereocenters. The van der Waals surface area contributed by atoms with Crippen molar-refractivity contribution in [1.82, 2.24) is 10.2 Å². The third kappa shape index (κ3) is 3.49. The Morgan fingerprint density at radius 3 is 2.39 bits per heavy atom. The SMILES string of the molecule is Nc1[nH]nc(NCc2ccccc2)c1NC(=O)c1ccccc1. The quantitative estimate of drug-likeness (QED) is 0.583. The molecule has 0 spiro atoms. The summed E-state index contributed by atoms with van der Waals surface area (Å²) < 4.78 is 0. The minimum Gasteiger partial charge on any atom is -0.382 e. The first-order chi connectivity index (χ1) is 11.2. The molecule has 1 aromatic heterocycles. The number of H-pyrrole nitrogens is 1. The first-order valence-corrected chi connectivity index (χ1v) is 7.22. The summed E-state index contributed by atoms with van der Waals surface area (Å²) >= 11 is 0. The van der Waals surface area contributed by atoms with Crippen LogP contribution in [0.4, 0.5) is 17.3 Å². The van der Waals surface area contributed by atoms with Gasteiger partial charge in [-0.1, -0.05) is 48.5 Å². The fourth-order valence-corrected chi connectivity index (χ4v) is 2.17. The third-order valence-electron chi connectivity index (χ3n) is 3.37. The fraction of sp³-hybridized carbons (Fsp3) is 0.0588. The molecule has 116 valence electrons. The van der Waals surface area contributed by atoms with Gasteiger partial charge in [0, 0.05) is 12.1 Å². The number of nitrogens with two attached hydrogens (primary N) is 1. The first-order valence-electron chi connectivity index (χ1n) is 7.22.